The Bertz CT molecular complexity index is 752. The molecule has 150 valence electrons. The standard InChI is InChI=1S/C21H26N2O5/c1-14-6-2-3-7-15(14)12-22-18(24)13-28-19(25)10-11-23-20(26)16-8-4-5-9-17(16)21(23)27/h2-3,6-7,16-17H,4-5,8-13H2,1H3,(H,22,24)/t16-,17-/m1/s1. The minimum atomic E-state index is -0.596. The third kappa shape index (κ3) is 4.58. The molecule has 0 unspecified atom stereocenters. The van der Waals surface area contributed by atoms with E-state index in [1.54, 1.807) is 0 Å². The number of carbonyl (C=O) groups is 4. The summed E-state index contributed by atoms with van der Waals surface area (Å²) in [6.45, 7) is 1.97. The van der Waals surface area contributed by atoms with E-state index in [0.29, 0.717) is 6.54 Å². The quantitative estimate of drug-likeness (QED) is 0.569. The van der Waals surface area contributed by atoms with E-state index in [4.69, 9.17) is 4.74 Å². The summed E-state index contributed by atoms with van der Waals surface area (Å²) >= 11 is 0. The van der Waals surface area contributed by atoms with Gasteiger partial charge in [0.15, 0.2) is 6.61 Å². The number of imide groups is 1. The summed E-state index contributed by atoms with van der Waals surface area (Å²) in [6.07, 6.45) is 3.33. The number of hydrogen-bond acceptors (Lipinski definition) is 5. The molecule has 7 nitrogen and oxygen atoms in total. The highest BCUT2D eigenvalue weighted by molar-refractivity contribution is 6.05. The second-order valence-corrected chi connectivity index (χ2v) is 7.44. The predicted molar refractivity (Wildman–Crippen MR) is 101 cm³/mol. The van der Waals surface area contributed by atoms with Crippen LogP contribution in [0.4, 0.5) is 0 Å². The lowest BCUT2D eigenvalue weighted by Gasteiger charge is -2.19. The van der Waals surface area contributed by atoms with E-state index in [0.717, 1.165) is 36.8 Å². The van der Waals surface area contributed by atoms with Crippen molar-refractivity contribution in [3.05, 3.63) is 35.4 Å². The molecule has 1 aliphatic heterocycles. The van der Waals surface area contributed by atoms with Crippen molar-refractivity contribution in [2.45, 2.75) is 45.6 Å². The van der Waals surface area contributed by atoms with Crippen LogP contribution in [-0.2, 0) is 30.5 Å². The number of aryl methyl sites for hydroxylation is 1. The number of nitrogens with one attached hydrogen (secondary N) is 1. The van der Waals surface area contributed by atoms with Crippen LogP contribution >= 0.6 is 0 Å². The number of amides is 3. The molecule has 2 atom stereocenters. The van der Waals surface area contributed by atoms with Crippen LogP contribution in [0, 0.1) is 18.8 Å². The molecular weight excluding hydrogens is 360 g/mol. The fourth-order valence-electron chi connectivity index (χ4n) is 3.93. The second-order valence-electron chi connectivity index (χ2n) is 7.44. The van der Waals surface area contributed by atoms with E-state index in [2.05, 4.69) is 5.32 Å². The Hall–Kier alpha value is -2.70. The molecule has 0 bridgehead atoms. The van der Waals surface area contributed by atoms with Crippen LogP contribution < -0.4 is 5.32 Å². The third-order valence-corrected chi connectivity index (χ3v) is 5.57. The molecule has 1 aromatic carbocycles. The van der Waals surface area contributed by atoms with Gasteiger partial charge in [0.25, 0.3) is 5.91 Å². The molecule has 2 aliphatic rings. The first-order valence-corrected chi connectivity index (χ1v) is 9.79. The van der Waals surface area contributed by atoms with Crippen molar-refractivity contribution in [2.75, 3.05) is 13.2 Å². The van der Waals surface area contributed by atoms with E-state index in [9.17, 15) is 19.2 Å². The van der Waals surface area contributed by atoms with Gasteiger partial charge in [0.1, 0.15) is 0 Å². The summed E-state index contributed by atoms with van der Waals surface area (Å²) < 4.78 is 4.97. The highest BCUT2D eigenvalue weighted by Gasteiger charge is 2.47. The summed E-state index contributed by atoms with van der Waals surface area (Å²) in [6, 6.07) is 7.70. The van der Waals surface area contributed by atoms with E-state index < -0.39 is 11.9 Å². The Kier molecular flexibility index (Phi) is 6.44. The smallest absolute Gasteiger partial charge is 0.308 e. The van der Waals surface area contributed by atoms with Crippen molar-refractivity contribution < 1.29 is 23.9 Å². The third-order valence-electron chi connectivity index (χ3n) is 5.57. The number of likely N-dealkylation sites (tertiary alicyclic amines) is 1. The number of benzene rings is 1. The first-order valence-electron chi connectivity index (χ1n) is 9.79. The summed E-state index contributed by atoms with van der Waals surface area (Å²) in [4.78, 5) is 49.7. The van der Waals surface area contributed by atoms with Gasteiger partial charge in [0, 0.05) is 13.1 Å². The van der Waals surface area contributed by atoms with E-state index in [1.165, 1.54) is 4.90 Å². The van der Waals surface area contributed by atoms with Gasteiger partial charge in [-0.15, -0.1) is 0 Å². The zero-order valence-corrected chi connectivity index (χ0v) is 16.1. The lowest BCUT2D eigenvalue weighted by atomic mass is 9.81. The van der Waals surface area contributed by atoms with E-state index in [1.807, 2.05) is 31.2 Å². The highest BCUT2D eigenvalue weighted by Crippen LogP contribution is 2.37. The summed E-state index contributed by atoms with van der Waals surface area (Å²) in [5.41, 5.74) is 2.06. The molecule has 28 heavy (non-hydrogen) atoms. The number of nitrogens with zero attached hydrogens (tertiary/aromatic N) is 1. The molecule has 1 aliphatic carbocycles. The predicted octanol–water partition coefficient (Wildman–Crippen LogP) is 1.72. The average Bonchev–Trinajstić information content (AvgIpc) is 2.94. The zero-order valence-electron chi connectivity index (χ0n) is 16.1. The first kappa shape index (κ1) is 20.0. The van der Waals surface area contributed by atoms with Crippen molar-refractivity contribution in [1.82, 2.24) is 10.2 Å². The molecule has 1 saturated carbocycles. The van der Waals surface area contributed by atoms with Crippen LogP contribution in [0.3, 0.4) is 0 Å². The summed E-state index contributed by atoms with van der Waals surface area (Å²) in [5, 5.41) is 2.71. The molecule has 0 radical (unpaired) electrons. The van der Waals surface area contributed by atoms with Crippen LogP contribution in [0.15, 0.2) is 24.3 Å². The Morgan fingerprint density at radius 3 is 2.39 bits per heavy atom. The lowest BCUT2D eigenvalue weighted by molar-refractivity contribution is -0.150. The monoisotopic (exact) mass is 386 g/mol. The molecule has 1 heterocycles. The van der Waals surface area contributed by atoms with Crippen LogP contribution in [0.25, 0.3) is 0 Å². The van der Waals surface area contributed by atoms with Crippen LogP contribution in [0.1, 0.15) is 43.2 Å². The van der Waals surface area contributed by atoms with Crippen LogP contribution in [-0.4, -0.2) is 41.7 Å². The fourth-order valence-corrected chi connectivity index (χ4v) is 3.93. The number of ether oxygens (including phenoxy) is 1. The van der Waals surface area contributed by atoms with Gasteiger partial charge in [-0.3, -0.25) is 24.1 Å². The Morgan fingerprint density at radius 2 is 1.75 bits per heavy atom. The van der Waals surface area contributed by atoms with Crippen LogP contribution in [0.5, 0.6) is 0 Å². The topological polar surface area (TPSA) is 92.8 Å². The Morgan fingerprint density at radius 1 is 1.11 bits per heavy atom. The molecule has 3 rings (SSSR count). The normalized spacial score (nSPS) is 21.4. The van der Waals surface area contributed by atoms with Gasteiger partial charge in [-0.2, -0.15) is 0 Å². The molecule has 3 amide bonds. The number of hydrogen-bond donors (Lipinski definition) is 1. The minimum Gasteiger partial charge on any atom is -0.456 e. The van der Waals surface area contributed by atoms with Crippen molar-refractivity contribution in [3.63, 3.8) is 0 Å². The first-order chi connectivity index (χ1) is 13.5. The molecular formula is C21H26N2O5. The number of rotatable bonds is 7. The SMILES string of the molecule is Cc1ccccc1CNC(=O)COC(=O)CCN1C(=O)[C@@H]2CCCC[C@H]2C1=O. The van der Waals surface area contributed by atoms with Crippen molar-refractivity contribution in [3.8, 4) is 0 Å². The number of fused-ring (bicyclic) bond motifs is 1. The summed E-state index contributed by atoms with van der Waals surface area (Å²) in [5.74, 6) is -1.76. The molecule has 1 N–H and O–H groups in total. The van der Waals surface area contributed by atoms with Crippen molar-refractivity contribution in [1.29, 1.82) is 0 Å². The van der Waals surface area contributed by atoms with Gasteiger partial charge in [0.2, 0.25) is 11.8 Å². The molecule has 0 spiro atoms. The van der Waals surface area contributed by atoms with Crippen LogP contribution in [0.2, 0.25) is 0 Å². The van der Waals surface area contributed by atoms with Gasteiger partial charge in [0.05, 0.1) is 18.3 Å². The minimum absolute atomic E-state index is 0.0222. The molecule has 7 heteroatoms. The Balaban J connectivity index is 1.38. The molecule has 0 aromatic heterocycles. The van der Waals surface area contributed by atoms with Gasteiger partial charge in [-0.05, 0) is 30.9 Å². The van der Waals surface area contributed by atoms with Gasteiger partial charge in [-0.25, -0.2) is 0 Å². The van der Waals surface area contributed by atoms with Gasteiger partial charge < -0.3 is 10.1 Å². The van der Waals surface area contributed by atoms with Gasteiger partial charge >= 0.3 is 5.97 Å². The lowest BCUT2D eigenvalue weighted by Crippen LogP contribution is -2.34. The molecule has 2 fully saturated rings. The van der Waals surface area contributed by atoms with E-state index in [-0.39, 0.29) is 43.2 Å². The molecule has 1 saturated heterocycles. The van der Waals surface area contributed by atoms with Crippen molar-refractivity contribution in [2.24, 2.45) is 11.8 Å². The maximum Gasteiger partial charge on any atom is 0.308 e. The highest BCUT2D eigenvalue weighted by atomic mass is 16.5. The maximum atomic E-state index is 12.4. The van der Waals surface area contributed by atoms with E-state index >= 15 is 0 Å². The fraction of sp³-hybridized carbons (Fsp3) is 0.524. The van der Waals surface area contributed by atoms with Gasteiger partial charge in [-0.1, -0.05) is 37.1 Å². The number of esters is 1. The molecule has 1 aromatic rings. The Labute approximate surface area is 164 Å². The maximum absolute atomic E-state index is 12.4. The second kappa shape index (κ2) is 8.99. The average molecular weight is 386 g/mol. The number of carbonyl (C=O) groups excluding carboxylic acids is 4. The zero-order chi connectivity index (χ0) is 20.1. The van der Waals surface area contributed by atoms with Crippen molar-refractivity contribution >= 4 is 23.7 Å². The largest absolute Gasteiger partial charge is 0.456 e. The summed E-state index contributed by atoms with van der Waals surface area (Å²) in [7, 11) is 0.